The minimum atomic E-state index is -0.472. The molecule has 0 spiro atoms. The highest BCUT2D eigenvalue weighted by Gasteiger charge is 2.34. The first-order chi connectivity index (χ1) is 17.1. The van der Waals surface area contributed by atoms with E-state index in [9.17, 15) is 9.90 Å². The summed E-state index contributed by atoms with van der Waals surface area (Å²) in [6.07, 6.45) is 7.28. The zero-order valence-corrected chi connectivity index (χ0v) is 20.7. The molecule has 35 heavy (non-hydrogen) atoms. The average Bonchev–Trinajstić information content (AvgIpc) is 3.42. The summed E-state index contributed by atoms with van der Waals surface area (Å²) in [7, 11) is 0. The van der Waals surface area contributed by atoms with Crippen LogP contribution in [0.25, 0.3) is 0 Å². The number of rotatable bonds is 10. The first kappa shape index (κ1) is 25.6. The molecule has 188 valence electrons. The summed E-state index contributed by atoms with van der Waals surface area (Å²) in [5, 5.41) is 12.3. The Hall–Kier alpha value is -2.51. The number of hydrogen-bond acceptors (Lipinski definition) is 5. The Morgan fingerprint density at radius 2 is 1.71 bits per heavy atom. The summed E-state index contributed by atoms with van der Waals surface area (Å²) in [5.74, 6) is -0.0442. The number of aliphatic hydroxyl groups is 1. The first-order valence-corrected chi connectivity index (χ1v) is 12.7. The van der Waals surface area contributed by atoms with Crippen LogP contribution in [0.15, 0.2) is 61.2 Å². The molecule has 2 aromatic rings. The molecule has 1 saturated heterocycles. The van der Waals surface area contributed by atoms with Crippen LogP contribution < -0.4 is 5.32 Å². The molecule has 0 radical (unpaired) electrons. The molecule has 1 amide bonds. The maximum atomic E-state index is 11.2. The smallest absolute Gasteiger partial charge is 0.217 e. The van der Waals surface area contributed by atoms with Gasteiger partial charge in [-0.3, -0.25) is 9.69 Å². The van der Waals surface area contributed by atoms with E-state index in [1.165, 1.54) is 32.6 Å². The van der Waals surface area contributed by atoms with Gasteiger partial charge >= 0.3 is 0 Å². The van der Waals surface area contributed by atoms with Gasteiger partial charge in [-0.2, -0.15) is 0 Å². The Kier molecular flexibility index (Phi) is 9.10. The molecular weight excluding hydrogens is 440 g/mol. The van der Waals surface area contributed by atoms with Crippen molar-refractivity contribution in [1.29, 1.82) is 0 Å². The van der Waals surface area contributed by atoms with E-state index in [1.54, 1.807) is 0 Å². The second-order valence-corrected chi connectivity index (χ2v) is 9.68. The number of carbonyl (C=O) groups is 1. The van der Waals surface area contributed by atoms with E-state index in [1.807, 2.05) is 54.6 Å². The van der Waals surface area contributed by atoms with Crippen molar-refractivity contribution >= 4 is 5.91 Å². The van der Waals surface area contributed by atoms with Crippen molar-refractivity contribution in [1.82, 2.24) is 10.2 Å². The Balaban J connectivity index is 1.52. The molecule has 2 aliphatic rings. The normalized spacial score (nSPS) is 22.9. The molecule has 2 fully saturated rings. The van der Waals surface area contributed by atoms with Crippen molar-refractivity contribution in [2.75, 3.05) is 13.1 Å². The quantitative estimate of drug-likeness (QED) is 0.481. The van der Waals surface area contributed by atoms with Gasteiger partial charge in [0.25, 0.3) is 0 Å². The Labute approximate surface area is 208 Å². The molecule has 1 heterocycles. The lowest BCUT2D eigenvalue weighted by Crippen LogP contribution is -2.43. The molecule has 3 atom stereocenters. The van der Waals surface area contributed by atoms with E-state index in [0.29, 0.717) is 12.6 Å². The van der Waals surface area contributed by atoms with Crippen LogP contribution in [0.1, 0.15) is 73.7 Å². The summed E-state index contributed by atoms with van der Waals surface area (Å²) in [4.78, 5) is 13.8. The van der Waals surface area contributed by atoms with Crippen LogP contribution in [0.2, 0.25) is 0 Å². The SMILES string of the molecule is C=CCN(CC1CC(c2ccc(CO)cc2)OC(c2ccc(CNC(C)=O)cc2)O1)C1CCCC1. The van der Waals surface area contributed by atoms with Crippen LogP contribution >= 0.6 is 0 Å². The van der Waals surface area contributed by atoms with Crippen molar-refractivity contribution in [3.63, 3.8) is 0 Å². The molecule has 4 rings (SSSR count). The molecule has 2 aromatic carbocycles. The largest absolute Gasteiger partial charge is 0.392 e. The third kappa shape index (κ3) is 7.01. The van der Waals surface area contributed by atoms with Gasteiger partial charge in [0.05, 0.1) is 18.8 Å². The predicted molar refractivity (Wildman–Crippen MR) is 136 cm³/mol. The van der Waals surface area contributed by atoms with Crippen LogP contribution in [-0.2, 0) is 27.4 Å². The lowest BCUT2D eigenvalue weighted by atomic mass is 9.99. The fourth-order valence-corrected chi connectivity index (χ4v) is 5.12. The molecule has 2 N–H and O–H groups in total. The summed E-state index contributed by atoms with van der Waals surface area (Å²) < 4.78 is 13.0. The molecule has 1 aliphatic carbocycles. The zero-order chi connectivity index (χ0) is 24.6. The van der Waals surface area contributed by atoms with Gasteiger partial charge in [-0.1, -0.05) is 67.4 Å². The Bertz CT molecular complexity index is 954. The monoisotopic (exact) mass is 478 g/mol. The van der Waals surface area contributed by atoms with Crippen molar-refractivity contribution in [2.24, 2.45) is 0 Å². The van der Waals surface area contributed by atoms with Gasteiger partial charge in [0.1, 0.15) is 0 Å². The topological polar surface area (TPSA) is 71.0 Å². The number of nitrogens with one attached hydrogen (secondary N) is 1. The van der Waals surface area contributed by atoms with E-state index in [4.69, 9.17) is 9.47 Å². The van der Waals surface area contributed by atoms with Gasteiger partial charge in [-0.05, 0) is 29.5 Å². The Morgan fingerprint density at radius 1 is 1.06 bits per heavy atom. The van der Waals surface area contributed by atoms with Crippen molar-refractivity contribution < 1.29 is 19.4 Å². The second kappa shape index (κ2) is 12.5. The standard InChI is InChI=1S/C29H38N2O4/c1-3-16-31(26-6-4-5-7-26)19-27-17-28(24-12-10-23(20-32)11-13-24)35-29(34-27)25-14-8-22(9-15-25)18-30-21(2)33/h3,8-15,26-29,32H,1,4-7,16-20H2,2H3,(H,30,33). The van der Waals surface area contributed by atoms with Crippen LogP contribution in [0, 0.1) is 0 Å². The highest BCUT2D eigenvalue weighted by molar-refractivity contribution is 5.72. The highest BCUT2D eigenvalue weighted by Crippen LogP contribution is 2.38. The van der Waals surface area contributed by atoms with Gasteiger partial charge in [0.2, 0.25) is 5.91 Å². The summed E-state index contributed by atoms with van der Waals surface area (Å²) in [5.41, 5.74) is 3.99. The molecule has 3 unspecified atom stereocenters. The number of nitrogens with zero attached hydrogens (tertiary/aromatic N) is 1. The number of carbonyl (C=O) groups excluding carboxylic acids is 1. The number of aliphatic hydroxyl groups excluding tert-OH is 1. The third-order valence-electron chi connectivity index (χ3n) is 7.05. The van der Waals surface area contributed by atoms with E-state index in [2.05, 4.69) is 16.8 Å². The van der Waals surface area contributed by atoms with Crippen molar-refractivity contribution in [3.8, 4) is 0 Å². The molecule has 0 bridgehead atoms. The highest BCUT2D eigenvalue weighted by atomic mass is 16.7. The van der Waals surface area contributed by atoms with E-state index in [-0.39, 0.29) is 24.7 Å². The van der Waals surface area contributed by atoms with E-state index in [0.717, 1.165) is 41.8 Å². The van der Waals surface area contributed by atoms with E-state index < -0.39 is 6.29 Å². The average molecular weight is 479 g/mol. The maximum Gasteiger partial charge on any atom is 0.217 e. The fraction of sp³-hybridized carbons (Fsp3) is 0.483. The van der Waals surface area contributed by atoms with Crippen LogP contribution in [0.3, 0.4) is 0 Å². The van der Waals surface area contributed by atoms with E-state index >= 15 is 0 Å². The maximum absolute atomic E-state index is 11.2. The predicted octanol–water partition coefficient (Wildman–Crippen LogP) is 4.79. The van der Waals surface area contributed by atoms with Gasteiger partial charge in [0, 0.05) is 44.6 Å². The summed E-state index contributed by atoms with van der Waals surface area (Å²) in [6.45, 7) is 7.75. The lowest BCUT2D eigenvalue weighted by molar-refractivity contribution is -0.253. The van der Waals surface area contributed by atoms with Gasteiger partial charge in [-0.15, -0.1) is 6.58 Å². The van der Waals surface area contributed by atoms with Gasteiger partial charge in [-0.25, -0.2) is 0 Å². The Morgan fingerprint density at radius 3 is 2.34 bits per heavy atom. The fourth-order valence-electron chi connectivity index (χ4n) is 5.12. The number of hydrogen-bond donors (Lipinski definition) is 2. The van der Waals surface area contributed by atoms with Crippen LogP contribution in [0.5, 0.6) is 0 Å². The van der Waals surface area contributed by atoms with Gasteiger partial charge in [0.15, 0.2) is 6.29 Å². The van der Waals surface area contributed by atoms with Crippen LogP contribution in [-0.4, -0.2) is 41.1 Å². The van der Waals surface area contributed by atoms with Crippen molar-refractivity contribution in [3.05, 3.63) is 83.4 Å². The summed E-state index contributed by atoms with van der Waals surface area (Å²) >= 11 is 0. The minimum Gasteiger partial charge on any atom is -0.392 e. The number of ether oxygens (including phenoxy) is 2. The summed E-state index contributed by atoms with van der Waals surface area (Å²) in [6, 6.07) is 16.7. The third-order valence-corrected chi connectivity index (χ3v) is 7.05. The number of benzene rings is 2. The zero-order valence-electron chi connectivity index (χ0n) is 20.7. The molecule has 1 aliphatic heterocycles. The molecule has 0 aromatic heterocycles. The van der Waals surface area contributed by atoms with Crippen molar-refractivity contribution in [2.45, 2.75) is 76.7 Å². The molecule has 1 saturated carbocycles. The second-order valence-electron chi connectivity index (χ2n) is 9.68. The van der Waals surface area contributed by atoms with Crippen LogP contribution in [0.4, 0.5) is 0 Å². The number of amides is 1. The minimum absolute atomic E-state index is 0.0240. The van der Waals surface area contributed by atoms with Gasteiger partial charge < -0.3 is 19.9 Å². The lowest BCUT2D eigenvalue weighted by Gasteiger charge is -2.39. The molecule has 6 nitrogen and oxygen atoms in total. The molecule has 6 heteroatoms. The molecular formula is C29H38N2O4. The first-order valence-electron chi connectivity index (χ1n) is 12.7.